The molecular weight excluding hydrogens is 342 g/mol. The minimum absolute atomic E-state index is 0.134. The smallest absolute Gasteiger partial charge is 0.261 e. The van der Waals surface area contributed by atoms with Crippen LogP contribution in [0.25, 0.3) is 0 Å². The van der Waals surface area contributed by atoms with Crippen molar-refractivity contribution in [3.8, 4) is 17.2 Å². The summed E-state index contributed by atoms with van der Waals surface area (Å²) in [5.74, 6) is 1.91. The van der Waals surface area contributed by atoms with E-state index in [0.29, 0.717) is 11.5 Å². The van der Waals surface area contributed by atoms with Crippen LogP contribution < -0.4 is 19.5 Å². The van der Waals surface area contributed by atoms with Crippen LogP contribution in [0.15, 0.2) is 42.5 Å². The molecule has 0 unspecified atom stereocenters. The molecule has 0 aliphatic rings. The van der Waals surface area contributed by atoms with E-state index in [0.717, 1.165) is 29.7 Å². The molecular formula is C22H29NO4. The summed E-state index contributed by atoms with van der Waals surface area (Å²) in [6.45, 7) is 5.86. The monoisotopic (exact) mass is 371 g/mol. The van der Waals surface area contributed by atoms with E-state index in [4.69, 9.17) is 14.2 Å². The molecule has 27 heavy (non-hydrogen) atoms. The van der Waals surface area contributed by atoms with E-state index < -0.39 is 6.10 Å². The van der Waals surface area contributed by atoms with Crippen LogP contribution >= 0.6 is 0 Å². The van der Waals surface area contributed by atoms with Gasteiger partial charge in [0.15, 0.2) is 17.6 Å². The highest BCUT2D eigenvalue weighted by molar-refractivity contribution is 5.81. The van der Waals surface area contributed by atoms with E-state index in [9.17, 15) is 4.79 Å². The number of aryl methyl sites for hydroxylation is 1. The predicted molar refractivity (Wildman–Crippen MR) is 107 cm³/mol. The van der Waals surface area contributed by atoms with Crippen LogP contribution in [-0.2, 0) is 11.2 Å². The maximum absolute atomic E-state index is 12.7. The summed E-state index contributed by atoms with van der Waals surface area (Å²) >= 11 is 0. The first kappa shape index (κ1) is 20.6. The zero-order chi connectivity index (χ0) is 19.8. The third kappa shape index (κ3) is 5.16. The highest BCUT2D eigenvalue weighted by Gasteiger charge is 2.21. The molecule has 2 aromatic carbocycles. The zero-order valence-corrected chi connectivity index (χ0v) is 16.7. The van der Waals surface area contributed by atoms with Gasteiger partial charge in [0.25, 0.3) is 5.91 Å². The van der Waals surface area contributed by atoms with E-state index in [-0.39, 0.29) is 11.9 Å². The average molecular weight is 371 g/mol. The summed E-state index contributed by atoms with van der Waals surface area (Å²) in [6.07, 6.45) is 1.01. The number of rotatable bonds is 9. The van der Waals surface area contributed by atoms with Gasteiger partial charge in [-0.15, -0.1) is 0 Å². The quantitative estimate of drug-likeness (QED) is 0.714. The van der Waals surface area contributed by atoms with Gasteiger partial charge in [-0.3, -0.25) is 4.79 Å². The number of carbonyl (C=O) groups is 1. The maximum atomic E-state index is 12.7. The Bertz CT molecular complexity index is 760. The number of hydrogen-bond acceptors (Lipinski definition) is 4. The number of benzene rings is 2. The first-order chi connectivity index (χ1) is 13.0. The van der Waals surface area contributed by atoms with Gasteiger partial charge in [0, 0.05) is 0 Å². The lowest BCUT2D eigenvalue weighted by Crippen LogP contribution is -2.38. The molecule has 1 amide bonds. The van der Waals surface area contributed by atoms with Gasteiger partial charge in [-0.1, -0.05) is 38.1 Å². The number of para-hydroxylation sites is 1. The Morgan fingerprint density at radius 1 is 1.00 bits per heavy atom. The van der Waals surface area contributed by atoms with Gasteiger partial charge in [0.05, 0.1) is 20.3 Å². The molecule has 0 aliphatic heterocycles. The van der Waals surface area contributed by atoms with Crippen LogP contribution in [0.1, 0.15) is 44.4 Å². The zero-order valence-electron chi connectivity index (χ0n) is 16.7. The lowest BCUT2D eigenvalue weighted by atomic mass is 10.0. The minimum atomic E-state index is -0.591. The molecule has 0 bridgehead atoms. The van der Waals surface area contributed by atoms with Crippen molar-refractivity contribution in [3.05, 3.63) is 53.6 Å². The Labute approximate surface area is 161 Å². The topological polar surface area (TPSA) is 56.8 Å². The first-order valence-corrected chi connectivity index (χ1v) is 9.30. The average Bonchev–Trinajstić information content (AvgIpc) is 2.71. The van der Waals surface area contributed by atoms with Crippen molar-refractivity contribution in [1.82, 2.24) is 5.32 Å². The first-order valence-electron chi connectivity index (χ1n) is 9.30. The van der Waals surface area contributed by atoms with E-state index in [1.165, 1.54) is 0 Å². The molecule has 0 fully saturated rings. The molecule has 146 valence electrons. The molecule has 0 saturated carbocycles. The highest BCUT2D eigenvalue weighted by Crippen LogP contribution is 2.31. The molecule has 0 saturated heterocycles. The van der Waals surface area contributed by atoms with Crippen molar-refractivity contribution < 1.29 is 19.0 Å². The minimum Gasteiger partial charge on any atom is -0.493 e. The van der Waals surface area contributed by atoms with Crippen molar-refractivity contribution in [2.24, 2.45) is 0 Å². The Balaban J connectivity index is 2.10. The van der Waals surface area contributed by atoms with Crippen molar-refractivity contribution in [1.29, 1.82) is 0 Å². The fourth-order valence-corrected chi connectivity index (χ4v) is 2.93. The Morgan fingerprint density at radius 2 is 1.70 bits per heavy atom. The molecule has 2 atom stereocenters. The number of methoxy groups -OCH3 is 2. The molecule has 0 spiro atoms. The maximum Gasteiger partial charge on any atom is 0.261 e. The summed E-state index contributed by atoms with van der Waals surface area (Å²) in [5.41, 5.74) is 2.05. The number of carbonyl (C=O) groups excluding carboxylic acids is 1. The number of hydrogen-bond donors (Lipinski definition) is 1. The fourth-order valence-electron chi connectivity index (χ4n) is 2.93. The summed E-state index contributed by atoms with van der Waals surface area (Å²) in [6, 6.07) is 13.3. The summed E-state index contributed by atoms with van der Waals surface area (Å²) in [7, 11) is 3.20. The Morgan fingerprint density at radius 3 is 2.33 bits per heavy atom. The van der Waals surface area contributed by atoms with Crippen LogP contribution in [0.2, 0.25) is 0 Å². The second-order valence-corrected chi connectivity index (χ2v) is 6.31. The van der Waals surface area contributed by atoms with E-state index >= 15 is 0 Å². The summed E-state index contributed by atoms with van der Waals surface area (Å²) in [5, 5.41) is 3.07. The lowest BCUT2D eigenvalue weighted by Gasteiger charge is -2.22. The summed E-state index contributed by atoms with van der Waals surface area (Å²) in [4.78, 5) is 12.7. The SMILES string of the molecule is CCc1ccccc1O[C@H](C)C(=O)N[C@H](CC)c1ccc(OC)c(OC)c1. The van der Waals surface area contributed by atoms with Crippen LogP contribution in [0, 0.1) is 0 Å². The lowest BCUT2D eigenvalue weighted by molar-refractivity contribution is -0.128. The highest BCUT2D eigenvalue weighted by atomic mass is 16.5. The molecule has 2 aromatic rings. The van der Waals surface area contributed by atoms with Gasteiger partial charge < -0.3 is 19.5 Å². The molecule has 0 aliphatic carbocycles. The van der Waals surface area contributed by atoms with Crippen molar-refractivity contribution in [3.63, 3.8) is 0 Å². The van der Waals surface area contributed by atoms with E-state index in [2.05, 4.69) is 12.2 Å². The number of amides is 1. The fraction of sp³-hybridized carbons (Fsp3) is 0.409. The van der Waals surface area contributed by atoms with Gasteiger partial charge in [0.1, 0.15) is 5.75 Å². The van der Waals surface area contributed by atoms with E-state index in [1.807, 2.05) is 49.4 Å². The molecule has 1 N–H and O–H groups in total. The van der Waals surface area contributed by atoms with Crippen LogP contribution in [0.3, 0.4) is 0 Å². The van der Waals surface area contributed by atoms with Gasteiger partial charge >= 0.3 is 0 Å². The molecule has 0 heterocycles. The van der Waals surface area contributed by atoms with Gasteiger partial charge in [-0.25, -0.2) is 0 Å². The Hall–Kier alpha value is -2.69. The van der Waals surface area contributed by atoms with Crippen molar-refractivity contribution in [2.75, 3.05) is 14.2 Å². The number of nitrogens with one attached hydrogen (secondary N) is 1. The predicted octanol–water partition coefficient (Wildman–Crippen LogP) is 4.30. The van der Waals surface area contributed by atoms with Gasteiger partial charge in [-0.05, 0) is 49.1 Å². The van der Waals surface area contributed by atoms with Crippen LogP contribution in [-0.4, -0.2) is 26.2 Å². The standard InChI is InChI=1S/C22H29NO4/c1-6-16-10-8-9-11-19(16)27-15(3)22(24)23-18(7-2)17-12-13-20(25-4)21(14-17)26-5/h8-15,18H,6-7H2,1-5H3,(H,23,24)/t15-,18-/m1/s1. The second-order valence-electron chi connectivity index (χ2n) is 6.31. The second kappa shape index (κ2) is 9.86. The van der Waals surface area contributed by atoms with Gasteiger partial charge in [0.2, 0.25) is 0 Å². The largest absolute Gasteiger partial charge is 0.493 e. The van der Waals surface area contributed by atoms with Crippen molar-refractivity contribution >= 4 is 5.91 Å². The molecule has 2 rings (SSSR count). The number of ether oxygens (including phenoxy) is 3. The van der Waals surface area contributed by atoms with Crippen LogP contribution in [0.5, 0.6) is 17.2 Å². The summed E-state index contributed by atoms with van der Waals surface area (Å²) < 4.78 is 16.5. The Kier molecular flexibility index (Phi) is 7.53. The normalized spacial score (nSPS) is 12.8. The molecule has 0 radical (unpaired) electrons. The van der Waals surface area contributed by atoms with Crippen LogP contribution in [0.4, 0.5) is 0 Å². The molecule has 0 aromatic heterocycles. The van der Waals surface area contributed by atoms with E-state index in [1.54, 1.807) is 21.1 Å². The third-order valence-corrected chi connectivity index (χ3v) is 4.56. The van der Waals surface area contributed by atoms with Crippen molar-refractivity contribution in [2.45, 2.75) is 45.8 Å². The molecule has 5 nitrogen and oxygen atoms in total. The van der Waals surface area contributed by atoms with Gasteiger partial charge in [-0.2, -0.15) is 0 Å². The molecule has 5 heteroatoms. The third-order valence-electron chi connectivity index (χ3n) is 4.56.